The van der Waals surface area contributed by atoms with E-state index in [1.165, 1.54) is 63.0 Å². The second kappa shape index (κ2) is 6.57. The van der Waals surface area contributed by atoms with Crippen LogP contribution < -0.4 is 10.2 Å². The quantitative estimate of drug-likeness (QED) is 0.860. The van der Waals surface area contributed by atoms with Crippen molar-refractivity contribution >= 4 is 5.82 Å². The summed E-state index contributed by atoms with van der Waals surface area (Å²) in [6.45, 7) is 4.39. The summed E-state index contributed by atoms with van der Waals surface area (Å²) in [5.74, 6) is 1.19. The van der Waals surface area contributed by atoms with E-state index >= 15 is 0 Å². The zero-order chi connectivity index (χ0) is 13.8. The highest BCUT2D eigenvalue weighted by Crippen LogP contribution is 2.26. The molecule has 20 heavy (non-hydrogen) atoms. The maximum absolute atomic E-state index is 4.89. The van der Waals surface area contributed by atoms with Crippen LogP contribution in [0.15, 0.2) is 18.2 Å². The Balaban J connectivity index is 1.68. The average molecular weight is 273 g/mol. The van der Waals surface area contributed by atoms with Gasteiger partial charge in [-0.1, -0.05) is 19.4 Å². The molecule has 1 atom stereocenters. The topological polar surface area (TPSA) is 28.2 Å². The van der Waals surface area contributed by atoms with Crippen molar-refractivity contribution in [3.63, 3.8) is 0 Å². The molecule has 3 nitrogen and oxygen atoms in total. The van der Waals surface area contributed by atoms with Crippen LogP contribution in [0.5, 0.6) is 0 Å². The highest BCUT2D eigenvalue weighted by atomic mass is 15.2. The van der Waals surface area contributed by atoms with Crippen molar-refractivity contribution in [3.05, 3.63) is 23.9 Å². The Kier molecular flexibility index (Phi) is 4.56. The molecule has 1 aliphatic heterocycles. The zero-order valence-corrected chi connectivity index (χ0v) is 12.6. The molecule has 1 unspecified atom stereocenters. The molecule has 2 aliphatic rings. The maximum Gasteiger partial charge on any atom is 0.129 e. The molecule has 1 saturated carbocycles. The second-order valence-corrected chi connectivity index (χ2v) is 6.27. The number of nitrogens with one attached hydrogen (secondary N) is 1. The summed E-state index contributed by atoms with van der Waals surface area (Å²) in [5, 5.41) is 3.56. The zero-order valence-electron chi connectivity index (χ0n) is 12.6. The molecule has 1 saturated heterocycles. The summed E-state index contributed by atoms with van der Waals surface area (Å²) in [6.07, 6.45) is 9.27. The van der Waals surface area contributed by atoms with Gasteiger partial charge in [0.05, 0.1) is 5.69 Å². The number of anilines is 1. The Morgan fingerprint density at radius 1 is 1.25 bits per heavy atom. The molecular weight excluding hydrogens is 246 g/mol. The molecule has 2 fully saturated rings. The van der Waals surface area contributed by atoms with Crippen LogP contribution in [0.2, 0.25) is 0 Å². The van der Waals surface area contributed by atoms with Crippen LogP contribution in [-0.2, 0) is 6.54 Å². The van der Waals surface area contributed by atoms with Gasteiger partial charge in [0.2, 0.25) is 0 Å². The van der Waals surface area contributed by atoms with Crippen LogP contribution >= 0.6 is 0 Å². The van der Waals surface area contributed by atoms with Crippen molar-refractivity contribution in [2.75, 3.05) is 11.4 Å². The van der Waals surface area contributed by atoms with Gasteiger partial charge in [-0.3, -0.25) is 0 Å². The van der Waals surface area contributed by atoms with Gasteiger partial charge in [0, 0.05) is 25.2 Å². The Hall–Kier alpha value is -1.09. The molecule has 0 spiro atoms. The summed E-state index contributed by atoms with van der Waals surface area (Å²) >= 11 is 0. The van der Waals surface area contributed by atoms with Crippen molar-refractivity contribution in [1.29, 1.82) is 0 Å². The summed E-state index contributed by atoms with van der Waals surface area (Å²) < 4.78 is 0. The van der Waals surface area contributed by atoms with Crippen LogP contribution in [0.3, 0.4) is 0 Å². The number of rotatable bonds is 6. The lowest BCUT2D eigenvalue weighted by atomic mass is 9.98. The van der Waals surface area contributed by atoms with Gasteiger partial charge in [-0.25, -0.2) is 4.98 Å². The number of nitrogens with zero attached hydrogens (tertiary/aromatic N) is 2. The normalized spacial score (nSPS) is 23.1. The fourth-order valence-corrected chi connectivity index (χ4v) is 3.20. The third-order valence-electron chi connectivity index (χ3n) is 4.48. The molecule has 110 valence electrons. The van der Waals surface area contributed by atoms with Crippen molar-refractivity contribution in [2.45, 2.75) is 70.5 Å². The molecule has 1 aromatic heterocycles. The van der Waals surface area contributed by atoms with E-state index in [0.717, 1.165) is 12.6 Å². The van der Waals surface area contributed by atoms with Crippen molar-refractivity contribution < 1.29 is 0 Å². The van der Waals surface area contributed by atoms with Crippen molar-refractivity contribution in [2.24, 2.45) is 0 Å². The van der Waals surface area contributed by atoms with Crippen LogP contribution in [0.25, 0.3) is 0 Å². The first-order valence-corrected chi connectivity index (χ1v) is 8.33. The summed E-state index contributed by atoms with van der Waals surface area (Å²) in [4.78, 5) is 7.44. The smallest absolute Gasteiger partial charge is 0.129 e. The minimum absolute atomic E-state index is 0.702. The Bertz CT molecular complexity index is 426. The third kappa shape index (κ3) is 3.51. The lowest BCUT2D eigenvalue weighted by molar-refractivity contribution is 0.431. The van der Waals surface area contributed by atoms with Gasteiger partial charge in [0.25, 0.3) is 0 Å². The largest absolute Gasteiger partial charge is 0.354 e. The minimum Gasteiger partial charge on any atom is -0.354 e. The monoisotopic (exact) mass is 273 g/mol. The fourth-order valence-electron chi connectivity index (χ4n) is 3.20. The lowest BCUT2D eigenvalue weighted by Gasteiger charge is -2.37. The predicted molar refractivity (Wildman–Crippen MR) is 84.0 cm³/mol. The van der Waals surface area contributed by atoms with E-state index in [-0.39, 0.29) is 0 Å². The summed E-state index contributed by atoms with van der Waals surface area (Å²) in [6, 6.07) is 7.96. The second-order valence-electron chi connectivity index (χ2n) is 6.27. The first kappa shape index (κ1) is 13.9. The number of piperidine rings is 1. The molecule has 1 aromatic rings. The highest BCUT2D eigenvalue weighted by molar-refractivity contribution is 5.41. The summed E-state index contributed by atoms with van der Waals surface area (Å²) in [5.41, 5.74) is 1.19. The van der Waals surface area contributed by atoms with E-state index in [4.69, 9.17) is 4.98 Å². The number of aromatic nitrogens is 1. The van der Waals surface area contributed by atoms with E-state index in [2.05, 4.69) is 35.3 Å². The fraction of sp³-hybridized carbons (Fsp3) is 0.706. The average Bonchev–Trinajstić information content (AvgIpc) is 3.31. The Morgan fingerprint density at radius 3 is 2.95 bits per heavy atom. The molecule has 0 amide bonds. The predicted octanol–water partition coefficient (Wildman–Crippen LogP) is 3.49. The van der Waals surface area contributed by atoms with Gasteiger partial charge in [-0.2, -0.15) is 0 Å². The molecule has 0 aromatic carbocycles. The molecule has 3 rings (SSSR count). The van der Waals surface area contributed by atoms with E-state index in [9.17, 15) is 0 Å². The van der Waals surface area contributed by atoms with Crippen LogP contribution in [0.4, 0.5) is 5.82 Å². The molecule has 2 heterocycles. The molecule has 1 aliphatic carbocycles. The standard InChI is InChI=1S/C17H27N3/c1-2-6-16-8-3-4-12-20(16)17-9-5-7-15(19-17)13-18-14-10-11-14/h5,7,9,14,16,18H,2-4,6,8,10-13H2,1H3. The van der Waals surface area contributed by atoms with Crippen LogP contribution in [0.1, 0.15) is 57.6 Å². The third-order valence-corrected chi connectivity index (χ3v) is 4.48. The van der Waals surface area contributed by atoms with Crippen LogP contribution in [-0.4, -0.2) is 23.6 Å². The molecule has 1 N–H and O–H groups in total. The van der Waals surface area contributed by atoms with Gasteiger partial charge >= 0.3 is 0 Å². The Labute approximate surface area is 122 Å². The van der Waals surface area contributed by atoms with Gasteiger partial charge in [0.1, 0.15) is 5.82 Å². The van der Waals surface area contributed by atoms with Gasteiger partial charge in [-0.05, 0) is 50.7 Å². The lowest BCUT2D eigenvalue weighted by Crippen LogP contribution is -2.40. The van der Waals surface area contributed by atoms with Crippen molar-refractivity contribution in [1.82, 2.24) is 10.3 Å². The SMILES string of the molecule is CCCC1CCCCN1c1cccc(CNC2CC2)n1. The molecular formula is C17H27N3. The minimum atomic E-state index is 0.702. The molecule has 0 bridgehead atoms. The van der Waals surface area contributed by atoms with E-state index < -0.39 is 0 Å². The number of hydrogen-bond donors (Lipinski definition) is 1. The molecule has 3 heteroatoms. The number of pyridine rings is 1. The molecule has 0 radical (unpaired) electrons. The van der Waals surface area contributed by atoms with E-state index in [1.807, 2.05) is 0 Å². The number of hydrogen-bond acceptors (Lipinski definition) is 3. The van der Waals surface area contributed by atoms with E-state index in [1.54, 1.807) is 0 Å². The van der Waals surface area contributed by atoms with Crippen LogP contribution in [0, 0.1) is 0 Å². The first-order valence-electron chi connectivity index (χ1n) is 8.33. The van der Waals surface area contributed by atoms with Gasteiger partial charge < -0.3 is 10.2 Å². The Morgan fingerprint density at radius 2 is 2.15 bits per heavy atom. The van der Waals surface area contributed by atoms with Crippen molar-refractivity contribution in [3.8, 4) is 0 Å². The first-order chi connectivity index (χ1) is 9.86. The highest BCUT2D eigenvalue weighted by Gasteiger charge is 2.23. The van der Waals surface area contributed by atoms with Gasteiger partial charge in [0.15, 0.2) is 0 Å². The van der Waals surface area contributed by atoms with Gasteiger partial charge in [-0.15, -0.1) is 0 Å². The summed E-state index contributed by atoms with van der Waals surface area (Å²) in [7, 11) is 0. The maximum atomic E-state index is 4.89. The van der Waals surface area contributed by atoms with E-state index in [0.29, 0.717) is 6.04 Å².